The normalized spacial score (nSPS) is 12.8. The van der Waals surface area contributed by atoms with Crippen LogP contribution in [0.1, 0.15) is 11.1 Å². The molecule has 1 aliphatic heterocycles. The second kappa shape index (κ2) is 5.58. The van der Waals surface area contributed by atoms with E-state index in [1.165, 1.54) is 16.6 Å². The molecule has 1 amide bonds. The summed E-state index contributed by atoms with van der Waals surface area (Å²) in [6.07, 6.45) is 2.31. The number of ether oxygens (including phenoxy) is 1. The molecule has 1 aliphatic rings. The Morgan fingerprint density at radius 2 is 2.40 bits per heavy atom. The Kier molecular flexibility index (Phi) is 3.64. The largest absolute Gasteiger partial charge is 0.493 e. The fraction of sp³-hybridized carbons (Fsp3) is 0.333. The van der Waals surface area contributed by atoms with Gasteiger partial charge in [-0.05, 0) is 28.1 Å². The Bertz CT molecular complexity index is 629. The summed E-state index contributed by atoms with van der Waals surface area (Å²) < 4.78 is 7.98. The maximum atomic E-state index is 11.8. The first-order chi connectivity index (χ1) is 9.72. The number of hydrogen-bond donors (Lipinski definition) is 1. The predicted molar refractivity (Wildman–Crippen MR) is 73.0 cm³/mol. The SMILES string of the molecule is O=C(Cn1cnnn1)NCc1cc(Br)cc2c1OCC2. The molecule has 0 saturated heterocycles. The first-order valence-corrected chi connectivity index (χ1v) is 6.93. The van der Waals surface area contributed by atoms with Crippen molar-refractivity contribution in [3.8, 4) is 5.75 Å². The Hall–Kier alpha value is -1.96. The van der Waals surface area contributed by atoms with Crippen LogP contribution >= 0.6 is 15.9 Å². The third kappa shape index (κ3) is 2.79. The average molecular weight is 338 g/mol. The van der Waals surface area contributed by atoms with Gasteiger partial charge in [0.1, 0.15) is 18.6 Å². The Balaban J connectivity index is 1.65. The summed E-state index contributed by atoms with van der Waals surface area (Å²) in [5.41, 5.74) is 2.14. The number of hydrogen-bond acceptors (Lipinski definition) is 5. The third-order valence-corrected chi connectivity index (χ3v) is 3.46. The first kappa shape index (κ1) is 13.0. The van der Waals surface area contributed by atoms with E-state index in [-0.39, 0.29) is 12.5 Å². The summed E-state index contributed by atoms with van der Waals surface area (Å²) in [4.78, 5) is 11.8. The zero-order chi connectivity index (χ0) is 13.9. The molecular formula is C12H12BrN5O2. The van der Waals surface area contributed by atoms with Crippen molar-refractivity contribution in [2.75, 3.05) is 6.61 Å². The molecule has 104 valence electrons. The topological polar surface area (TPSA) is 81.9 Å². The second-order valence-electron chi connectivity index (χ2n) is 4.44. The van der Waals surface area contributed by atoms with E-state index in [2.05, 4.69) is 42.8 Å². The molecule has 0 aliphatic carbocycles. The molecule has 0 unspecified atom stereocenters. The van der Waals surface area contributed by atoms with Crippen molar-refractivity contribution >= 4 is 21.8 Å². The molecule has 3 rings (SSSR count). The van der Waals surface area contributed by atoms with Gasteiger partial charge in [-0.2, -0.15) is 0 Å². The van der Waals surface area contributed by atoms with Crippen LogP contribution in [0.3, 0.4) is 0 Å². The van der Waals surface area contributed by atoms with E-state index >= 15 is 0 Å². The maximum absolute atomic E-state index is 11.8. The molecule has 0 radical (unpaired) electrons. The van der Waals surface area contributed by atoms with Crippen molar-refractivity contribution in [1.82, 2.24) is 25.5 Å². The van der Waals surface area contributed by atoms with Crippen LogP contribution in [0.2, 0.25) is 0 Å². The van der Waals surface area contributed by atoms with Crippen molar-refractivity contribution in [3.63, 3.8) is 0 Å². The molecule has 1 N–H and O–H groups in total. The van der Waals surface area contributed by atoms with Crippen LogP contribution < -0.4 is 10.1 Å². The number of carbonyl (C=O) groups is 1. The minimum atomic E-state index is -0.149. The molecule has 20 heavy (non-hydrogen) atoms. The van der Waals surface area contributed by atoms with Gasteiger partial charge in [-0.15, -0.1) is 5.10 Å². The van der Waals surface area contributed by atoms with Gasteiger partial charge in [0, 0.05) is 23.0 Å². The van der Waals surface area contributed by atoms with Crippen LogP contribution in [-0.4, -0.2) is 32.7 Å². The van der Waals surface area contributed by atoms with Crippen LogP contribution in [0.15, 0.2) is 22.9 Å². The lowest BCUT2D eigenvalue weighted by molar-refractivity contribution is -0.122. The van der Waals surface area contributed by atoms with Gasteiger partial charge in [-0.25, -0.2) is 4.68 Å². The summed E-state index contributed by atoms with van der Waals surface area (Å²) in [6.45, 7) is 1.21. The van der Waals surface area contributed by atoms with Gasteiger partial charge in [-0.3, -0.25) is 4.79 Å². The molecule has 7 nitrogen and oxygen atoms in total. The second-order valence-corrected chi connectivity index (χ2v) is 5.35. The number of carbonyl (C=O) groups excluding carboxylic acids is 1. The van der Waals surface area contributed by atoms with Crippen molar-refractivity contribution in [1.29, 1.82) is 0 Å². The van der Waals surface area contributed by atoms with Gasteiger partial charge in [-0.1, -0.05) is 15.9 Å². The van der Waals surface area contributed by atoms with Crippen molar-refractivity contribution < 1.29 is 9.53 Å². The van der Waals surface area contributed by atoms with Gasteiger partial charge in [0.2, 0.25) is 5.91 Å². The van der Waals surface area contributed by atoms with E-state index in [9.17, 15) is 4.79 Å². The molecule has 1 aromatic heterocycles. The number of halogens is 1. The lowest BCUT2D eigenvalue weighted by atomic mass is 10.1. The van der Waals surface area contributed by atoms with Gasteiger partial charge < -0.3 is 10.1 Å². The summed E-state index contributed by atoms with van der Waals surface area (Å²) in [7, 11) is 0. The van der Waals surface area contributed by atoms with E-state index in [1.807, 2.05) is 6.07 Å². The predicted octanol–water partition coefficient (Wildman–Crippen LogP) is 0.687. The fourth-order valence-electron chi connectivity index (χ4n) is 2.13. The van der Waals surface area contributed by atoms with Crippen LogP contribution in [0.4, 0.5) is 0 Å². The summed E-state index contributed by atoms with van der Waals surface area (Å²) in [5, 5.41) is 13.4. The van der Waals surface area contributed by atoms with Gasteiger partial charge in [0.15, 0.2) is 0 Å². The quantitative estimate of drug-likeness (QED) is 0.887. The minimum Gasteiger partial charge on any atom is -0.493 e. The number of benzene rings is 1. The van der Waals surface area contributed by atoms with Gasteiger partial charge in [0.05, 0.1) is 6.61 Å². The Morgan fingerprint density at radius 1 is 1.50 bits per heavy atom. The van der Waals surface area contributed by atoms with Crippen LogP contribution in [-0.2, 0) is 24.3 Å². The van der Waals surface area contributed by atoms with E-state index in [4.69, 9.17) is 4.74 Å². The smallest absolute Gasteiger partial charge is 0.242 e. The Morgan fingerprint density at radius 3 is 3.20 bits per heavy atom. The number of nitrogens with one attached hydrogen (secondary N) is 1. The fourth-order valence-corrected chi connectivity index (χ4v) is 2.68. The minimum absolute atomic E-state index is 0.101. The molecule has 0 saturated carbocycles. The summed E-state index contributed by atoms with van der Waals surface area (Å²) >= 11 is 3.47. The lowest BCUT2D eigenvalue weighted by Crippen LogP contribution is -2.27. The van der Waals surface area contributed by atoms with E-state index in [0.717, 1.165) is 22.2 Å². The zero-order valence-corrected chi connectivity index (χ0v) is 12.1. The highest BCUT2D eigenvalue weighted by Gasteiger charge is 2.17. The summed E-state index contributed by atoms with van der Waals surface area (Å²) in [6, 6.07) is 4.01. The first-order valence-electron chi connectivity index (χ1n) is 6.14. The van der Waals surface area contributed by atoms with Crippen molar-refractivity contribution in [2.45, 2.75) is 19.5 Å². The highest BCUT2D eigenvalue weighted by atomic mass is 79.9. The standard InChI is InChI=1S/C12H12BrN5O2/c13-10-3-8-1-2-20-12(8)9(4-10)5-14-11(19)6-18-7-15-16-17-18/h3-4,7H,1-2,5-6H2,(H,14,19). The van der Waals surface area contributed by atoms with Gasteiger partial charge >= 0.3 is 0 Å². The molecule has 0 spiro atoms. The van der Waals surface area contributed by atoms with Gasteiger partial charge in [0.25, 0.3) is 0 Å². The molecule has 0 bridgehead atoms. The third-order valence-electron chi connectivity index (χ3n) is 3.00. The highest BCUT2D eigenvalue weighted by molar-refractivity contribution is 9.10. The lowest BCUT2D eigenvalue weighted by Gasteiger charge is -2.10. The molecule has 8 heteroatoms. The average Bonchev–Trinajstić information content (AvgIpc) is 3.06. The number of fused-ring (bicyclic) bond motifs is 1. The molecular weight excluding hydrogens is 326 g/mol. The highest BCUT2D eigenvalue weighted by Crippen LogP contribution is 2.32. The maximum Gasteiger partial charge on any atom is 0.242 e. The number of rotatable bonds is 4. The van der Waals surface area contributed by atoms with Crippen molar-refractivity contribution in [2.24, 2.45) is 0 Å². The molecule has 2 aromatic rings. The number of tetrazole rings is 1. The Labute approximate surface area is 123 Å². The van der Waals surface area contributed by atoms with E-state index < -0.39 is 0 Å². The number of nitrogens with zero attached hydrogens (tertiary/aromatic N) is 4. The van der Waals surface area contributed by atoms with Crippen molar-refractivity contribution in [3.05, 3.63) is 34.1 Å². The van der Waals surface area contributed by atoms with Crippen LogP contribution in [0.25, 0.3) is 0 Å². The monoisotopic (exact) mass is 337 g/mol. The molecule has 0 atom stereocenters. The van der Waals surface area contributed by atoms with E-state index in [0.29, 0.717) is 13.2 Å². The molecule has 1 aromatic carbocycles. The van der Waals surface area contributed by atoms with Crippen LogP contribution in [0, 0.1) is 0 Å². The van der Waals surface area contributed by atoms with Crippen LogP contribution in [0.5, 0.6) is 5.75 Å². The van der Waals surface area contributed by atoms with E-state index in [1.54, 1.807) is 0 Å². The molecule has 2 heterocycles. The summed E-state index contributed by atoms with van der Waals surface area (Å²) in [5.74, 6) is 0.736. The zero-order valence-electron chi connectivity index (χ0n) is 10.5. The number of amides is 1. The molecule has 0 fully saturated rings. The number of aromatic nitrogens is 4.